The molecular weight excluding hydrogens is 206 g/mol. The zero-order chi connectivity index (χ0) is 7.28. The van der Waals surface area contributed by atoms with Gasteiger partial charge in [0.25, 0.3) is 0 Å². The lowest BCUT2D eigenvalue weighted by atomic mass is 10.2. The van der Waals surface area contributed by atoms with Crippen molar-refractivity contribution in [1.29, 1.82) is 0 Å². The molecule has 0 aromatic carbocycles. The number of nitrogens with two attached hydrogens (primary N) is 1. The first-order valence-corrected chi connectivity index (χ1v) is 4.05. The van der Waals surface area contributed by atoms with E-state index >= 15 is 0 Å². The van der Waals surface area contributed by atoms with Crippen LogP contribution < -0.4 is 5.73 Å². The minimum absolute atomic E-state index is 0. The molecule has 0 spiro atoms. The molecule has 0 amide bonds. The molecule has 0 heterocycles. The second kappa shape index (κ2) is 10.4. The van der Waals surface area contributed by atoms with Crippen LogP contribution in [-0.2, 0) is 4.79 Å². The fourth-order valence-corrected chi connectivity index (χ4v) is 0.858. The van der Waals surface area contributed by atoms with Gasteiger partial charge in [0.1, 0.15) is 6.04 Å². The van der Waals surface area contributed by atoms with E-state index < -0.39 is 12.0 Å². The van der Waals surface area contributed by atoms with Crippen LogP contribution >= 0.6 is 37.7 Å². The van der Waals surface area contributed by atoms with Crippen molar-refractivity contribution in [3.05, 3.63) is 0 Å². The molecule has 3 nitrogen and oxygen atoms in total. The summed E-state index contributed by atoms with van der Waals surface area (Å²) in [5.41, 5.74) is 5.19. The van der Waals surface area contributed by atoms with E-state index in [2.05, 4.69) is 0 Å². The largest absolute Gasteiger partial charge is 0.480 e. The molecule has 0 bridgehead atoms. The maximum Gasteiger partial charge on any atom is 0.320 e. The average molecular weight is 220 g/mol. The molecular formula is C5H14ClNO2S2. The van der Waals surface area contributed by atoms with E-state index in [4.69, 9.17) is 10.8 Å². The molecule has 6 heteroatoms. The van der Waals surface area contributed by atoms with E-state index in [9.17, 15) is 4.79 Å². The molecule has 1 unspecified atom stereocenters. The smallest absolute Gasteiger partial charge is 0.320 e. The molecule has 1 atom stereocenters. The highest BCUT2D eigenvalue weighted by atomic mass is 35.5. The number of aliphatic carboxylic acids is 1. The predicted octanol–water partition coefficient (Wildman–Crippen LogP) is 0.686. The summed E-state index contributed by atoms with van der Waals surface area (Å²) < 4.78 is 0. The maximum absolute atomic E-state index is 10.1. The number of carboxylic acids is 1. The molecule has 0 aliphatic rings. The molecule has 0 aliphatic heterocycles. The molecule has 0 aliphatic carbocycles. The van der Waals surface area contributed by atoms with Gasteiger partial charge >= 0.3 is 5.97 Å². The van der Waals surface area contributed by atoms with E-state index in [-0.39, 0.29) is 25.9 Å². The molecule has 0 aromatic heterocycles. The lowest BCUT2D eigenvalue weighted by molar-refractivity contribution is -0.138. The number of thioether (sulfide) groups is 1. The topological polar surface area (TPSA) is 63.3 Å². The van der Waals surface area contributed by atoms with Crippen LogP contribution in [0.25, 0.3) is 0 Å². The fraction of sp³-hybridized carbons (Fsp3) is 0.800. The van der Waals surface area contributed by atoms with Crippen molar-refractivity contribution >= 4 is 43.6 Å². The molecule has 3 N–H and O–H groups in total. The van der Waals surface area contributed by atoms with Crippen LogP contribution in [-0.4, -0.2) is 29.1 Å². The monoisotopic (exact) mass is 219 g/mol. The van der Waals surface area contributed by atoms with Crippen LogP contribution in [0, 0.1) is 0 Å². The minimum Gasteiger partial charge on any atom is -0.480 e. The average Bonchev–Trinajstić information content (AvgIpc) is 1.82. The SMILES string of the molecule is CSCCC(N)C(=O)O.Cl.S. The molecule has 0 aromatic rings. The van der Waals surface area contributed by atoms with Gasteiger partial charge in [0.05, 0.1) is 0 Å². The number of halogens is 1. The Hall–Kier alpha value is 0.420. The summed E-state index contributed by atoms with van der Waals surface area (Å²) in [6, 6.07) is -0.683. The quantitative estimate of drug-likeness (QED) is 0.730. The molecule has 11 heavy (non-hydrogen) atoms. The van der Waals surface area contributed by atoms with Gasteiger partial charge in [-0.05, 0) is 18.4 Å². The molecule has 0 saturated heterocycles. The lowest BCUT2D eigenvalue weighted by Gasteiger charge is -2.02. The Balaban J connectivity index is -0.000000320. The molecule has 0 fully saturated rings. The number of carboxylic acid groups (broad SMARTS) is 1. The third kappa shape index (κ3) is 10.4. The van der Waals surface area contributed by atoms with Gasteiger partial charge in [0.15, 0.2) is 0 Å². The van der Waals surface area contributed by atoms with Gasteiger partial charge in [0.2, 0.25) is 0 Å². The summed E-state index contributed by atoms with van der Waals surface area (Å²) in [7, 11) is 0. The fourth-order valence-electron chi connectivity index (χ4n) is 0.368. The second-order valence-corrected chi connectivity index (χ2v) is 2.71. The Morgan fingerprint density at radius 2 is 2.18 bits per heavy atom. The van der Waals surface area contributed by atoms with Crippen LogP contribution in [0.3, 0.4) is 0 Å². The van der Waals surface area contributed by atoms with E-state index in [0.717, 1.165) is 5.75 Å². The number of hydrogen-bond acceptors (Lipinski definition) is 3. The maximum atomic E-state index is 10.1. The van der Waals surface area contributed by atoms with Crippen molar-refractivity contribution in [2.75, 3.05) is 12.0 Å². The predicted molar refractivity (Wildman–Crippen MR) is 56.2 cm³/mol. The van der Waals surface area contributed by atoms with Crippen LogP contribution in [0.4, 0.5) is 0 Å². The summed E-state index contributed by atoms with van der Waals surface area (Å²) in [5.74, 6) is -0.1000. The first-order chi connectivity index (χ1) is 4.18. The number of carbonyl (C=O) groups is 1. The van der Waals surface area contributed by atoms with E-state index in [1.165, 1.54) is 0 Å². The van der Waals surface area contributed by atoms with Crippen molar-refractivity contribution < 1.29 is 9.90 Å². The van der Waals surface area contributed by atoms with Gasteiger partial charge in [-0.2, -0.15) is 25.3 Å². The van der Waals surface area contributed by atoms with E-state index in [1.807, 2.05) is 6.26 Å². The molecule has 0 radical (unpaired) electrons. The highest BCUT2D eigenvalue weighted by molar-refractivity contribution is 7.98. The normalized spacial score (nSPS) is 10.7. The summed E-state index contributed by atoms with van der Waals surface area (Å²) in [6.45, 7) is 0. The Labute approximate surface area is 84.0 Å². The van der Waals surface area contributed by atoms with Crippen molar-refractivity contribution in [3.63, 3.8) is 0 Å². The van der Waals surface area contributed by atoms with Gasteiger partial charge in [-0.3, -0.25) is 4.79 Å². The Bertz CT molecular complexity index is 104. The second-order valence-electron chi connectivity index (χ2n) is 1.73. The molecule has 70 valence electrons. The highest BCUT2D eigenvalue weighted by Gasteiger charge is 2.08. The van der Waals surface area contributed by atoms with Crippen molar-refractivity contribution in [3.8, 4) is 0 Å². The van der Waals surface area contributed by atoms with E-state index in [0.29, 0.717) is 6.42 Å². The molecule has 0 rings (SSSR count). The van der Waals surface area contributed by atoms with Gasteiger partial charge in [0, 0.05) is 0 Å². The summed E-state index contributed by atoms with van der Waals surface area (Å²) in [5, 5.41) is 8.27. The van der Waals surface area contributed by atoms with Gasteiger partial charge in [-0.15, -0.1) is 12.4 Å². The summed E-state index contributed by atoms with van der Waals surface area (Å²) >= 11 is 1.60. The number of rotatable bonds is 4. The minimum atomic E-state index is -0.913. The van der Waals surface area contributed by atoms with Gasteiger partial charge in [-0.25, -0.2) is 0 Å². The Morgan fingerprint density at radius 3 is 2.45 bits per heavy atom. The van der Waals surface area contributed by atoms with Crippen LogP contribution in [0.2, 0.25) is 0 Å². The van der Waals surface area contributed by atoms with Crippen LogP contribution in [0.5, 0.6) is 0 Å². The Kier molecular flexibility index (Phi) is 16.6. The lowest BCUT2D eigenvalue weighted by Crippen LogP contribution is -2.30. The van der Waals surface area contributed by atoms with Crippen molar-refractivity contribution in [2.45, 2.75) is 12.5 Å². The van der Waals surface area contributed by atoms with Gasteiger partial charge in [-0.1, -0.05) is 0 Å². The number of hydrogen-bond donors (Lipinski definition) is 2. The zero-order valence-corrected chi connectivity index (χ0v) is 8.87. The molecule has 0 saturated carbocycles. The third-order valence-corrected chi connectivity index (χ3v) is 1.59. The highest BCUT2D eigenvalue weighted by Crippen LogP contribution is 1.97. The third-order valence-electron chi connectivity index (χ3n) is 0.950. The van der Waals surface area contributed by atoms with Crippen LogP contribution in [0.1, 0.15) is 6.42 Å². The summed E-state index contributed by atoms with van der Waals surface area (Å²) in [6.07, 6.45) is 2.48. The zero-order valence-electron chi connectivity index (χ0n) is 6.24. The summed E-state index contributed by atoms with van der Waals surface area (Å²) in [4.78, 5) is 10.1. The van der Waals surface area contributed by atoms with Crippen LogP contribution in [0.15, 0.2) is 0 Å². The van der Waals surface area contributed by atoms with Crippen molar-refractivity contribution in [2.24, 2.45) is 5.73 Å². The first kappa shape index (κ1) is 17.5. The first-order valence-electron chi connectivity index (χ1n) is 2.65. The van der Waals surface area contributed by atoms with E-state index in [1.54, 1.807) is 11.8 Å². The Morgan fingerprint density at radius 1 is 1.73 bits per heavy atom. The van der Waals surface area contributed by atoms with Crippen molar-refractivity contribution in [1.82, 2.24) is 0 Å². The van der Waals surface area contributed by atoms with Gasteiger partial charge < -0.3 is 10.8 Å². The standard InChI is InChI=1S/C5H11NO2S.ClH.H2S/c1-9-3-2-4(6)5(7)8;;/h4H,2-3,6H2,1H3,(H,7,8);1H;1H2.